The molecule has 1 aliphatic heterocycles. The maximum atomic E-state index is 13.4. The van der Waals surface area contributed by atoms with E-state index in [9.17, 15) is 54.6 Å². The van der Waals surface area contributed by atoms with Crippen LogP contribution in [0.4, 0.5) is 0 Å². The molecule has 0 aromatic carbocycles. The van der Waals surface area contributed by atoms with Gasteiger partial charge in [0.05, 0.1) is 44.2 Å². The second-order valence-corrected chi connectivity index (χ2v) is 19.7. The topological polar surface area (TPSA) is 258 Å². The Bertz CT molecular complexity index is 1340. The summed E-state index contributed by atoms with van der Waals surface area (Å²) in [6.07, 6.45) is 18.8. The first-order chi connectivity index (χ1) is 33.3. The molecule has 0 saturated carbocycles. The Morgan fingerprint density at radius 1 is 0.522 bits per heavy atom. The number of esters is 2. The van der Waals surface area contributed by atoms with Gasteiger partial charge in [0.15, 0.2) is 6.10 Å². The molecule has 1 heterocycles. The molecule has 16 nitrogen and oxygen atoms in total. The van der Waals surface area contributed by atoms with E-state index in [-0.39, 0.29) is 12.8 Å². The number of amides is 2. The third-order valence-corrected chi connectivity index (χ3v) is 13.1. The van der Waals surface area contributed by atoms with Crippen molar-refractivity contribution < 1.29 is 68.8 Å². The molecule has 9 atom stereocenters. The lowest BCUT2D eigenvalue weighted by molar-refractivity contribution is -0.267. The number of nitrogens with one attached hydrogen (secondary N) is 2. The Labute approximate surface area is 415 Å². The minimum Gasteiger partial charge on any atom is -0.480 e. The van der Waals surface area contributed by atoms with Crippen LogP contribution in [0.3, 0.4) is 0 Å². The van der Waals surface area contributed by atoms with E-state index in [1.165, 1.54) is 83.5 Å². The fourth-order valence-electron chi connectivity index (χ4n) is 8.87. The van der Waals surface area contributed by atoms with Crippen molar-refractivity contribution in [2.24, 2.45) is 0 Å². The van der Waals surface area contributed by atoms with Crippen LogP contribution in [0.2, 0.25) is 0 Å². The van der Waals surface area contributed by atoms with Gasteiger partial charge in [-0.05, 0) is 25.7 Å². The van der Waals surface area contributed by atoms with Gasteiger partial charge in [0.25, 0.3) is 0 Å². The number of carbonyl (C=O) groups excluding carboxylic acids is 4. The molecule has 8 N–H and O–H groups in total. The summed E-state index contributed by atoms with van der Waals surface area (Å²) in [7, 11) is 0. The van der Waals surface area contributed by atoms with Crippen molar-refractivity contribution in [3.63, 3.8) is 0 Å². The van der Waals surface area contributed by atoms with E-state index < -0.39 is 111 Å². The molecular weight excluding hydrogens is 889 g/mol. The van der Waals surface area contributed by atoms with E-state index >= 15 is 0 Å². The number of carboxylic acids is 1. The molecule has 0 aromatic rings. The summed E-state index contributed by atoms with van der Waals surface area (Å²) < 4.78 is 17.0. The number of hydrogen-bond acceptors (Lipinski definition) is 13. The molecule has 1 aliphatic rings. The summed E-state index contributed by atoms with van der Waals surface area (Å²) >= 11 is 0. The highest BCUT2D eigenvalue weighted by Crippen LogP contribution is 2.27. The molecule has 8 unspecified atom stereocenters. The van der Waals surface area contributed by atoms with Crippen LogP contribution in [0.15, 0.2) is 0 Å². The van der Waals surface area contributed by atoms with Gasteiger partial charge in [-0.2, -0.15) is 0 Å². The predicted molar refractivity (Wildman–Crippen MR) is 266 cm³/mol. The van der Waals surface area contributed by atoms with Gasteiger partial charge in [-0.3, -0.25) is 19.2 Å². The third-order valence-electron chi connectivity index (χ3n) is 13.1. The molecule has 1 fully saturated rings. The lowest BCUT2D eigenvalue weighted by Gasteiger charge is -2.43. The number of aliphatic hydroxyl groups is 5. The number of hydrogen-bond donors (Lipinski definition) is 8. The van der Waals surface area contributed by atoms with Gasteiger partial charge in [0, 0.05) is 6.42 Å². The number of unbranched alkanes of at least 4 members (excludes halogenated alkanes) is 24. The Hall–Kier alpha value is -2.89. The fraction of sp³-hybridized carbons (Fsp3) is 0.906. The maximum Gasteiger partial charge on any atom is 0.326 e. The molecule has 0 radical (unpaired) electrons. The number of carboxylic acid groups (broad SMARTS) is 1. The number of aliphatic hydroxyl groups excluding tert-OH is 5. The number of carbonyl (C=O) groups is 5. The van der Waals surface area contributed by atoms with Crippen molar-refractivity contribution in [2.45, 2.75) is 300 Å². The van der Waals surface area contributed by atoms with Gasteiger partial charge in [0.1, 0.15) is 24.3 Å². The van der Waals surface area contributed by atoms with Crippen LogP contribution in [0.1, 0.15) is 245 Å². The van der Waals surface area contributed by atoms with Gasteiger partial charge in [-0.15, -0.1) is 0 Å². The zero-order valence-corrected chi connectivity index (χ0v) is 43.1. The van der Waals surface area contributed by atoms with Gasteiger partial charge in [-0.25, -0.2) is 4.79 Å². The highest BCUT2D eigenvalue weighted by Gasteiger charge is 2.50. The van der Waals surface area contributed by atoms with E-state index in [1.54, 1.807) is 0 Å². The van der Waals surface area contributed by atoms with E-state index in [2.05, 4.69) is 31.4 Å². The van der Waals surface area contributed by atoms with Gasteiger partial charge in [-0.1, -0.05) is 194 Å². The average Bonchev–Trinajstić information content (AvgIpc) is 3.30. The van der Waals surface area contributed by atoms with E-state index in [1.807, 2.05) is 0 Å². The summed E-state index contributed by atoms with van der Waals surface area (Å²) in [5, 5.41) is 68.2. The summed E-state index contributed by atoms with van der Waals surface area (Å²) in [5.74, 6) is -4.76. The van der Waals surface area contributed by atoms with Crippen LogP contribution in [0, 0.1) is 0 Å². The molecule has 16 heteroatoms. The zero-order valence-electron chi connectivity index (χ0n) is 43.1. The second-order valence-electron chi connectivity index (χ2n) is 19.7. The molecule has 1 saturated heterocycles. The smallest absolute Gasteiger partial charge is 0.326 e. The first kappa shape index (κ1) is 64.1. The minimum atomic E-state index is -1.75. The SMILES string of the molecule is CCCCCCCCCCCC(O)CC(=O)NC1C(OC(=O)CC[C@@H](NC(=O)CC(O)CCCCCCCCCCC)C(=O)O)OC(CO)C(O)C1OC(=O)CC(O)CCCCCCCCCCC. The predicted octanol–water partition coefficient (Wildman–Crippen LogP) is 8.37. The molecule has 2 amide bonds. The molecule has 404 valence electrons. The fourth-order valence-corrected chi connectivity index (χ4v) is 8.87. The molecular formula is C53H98N2O14. The monoisotopic (exact) mass is 987 g/mol. The summed E-state index contributed by atoms with van der Waals surface area (Å²) in [6.45, 7) is 5.73. The Morgan fingerprint density at radius 3 is 1.32 bits per heavy atom. The summed E-state index contributed by atoms with van der Waals surface area (Å²) in [5.41, 5.74) is 0. The standard InChI is InChI=1S/C53H98N2O14/c1-4-7-10-13-16-19-22-25-28-31-40(57)36-45(60)54-43(52(65)66)34-35-47(62)69-53-49(55-46(61)37-41(58)32-29-26-23-20-17-14-11-8-5-2)51(50(64)44(39-56)67-53)68-48(63)38-42(59)33-30-27-24-21-18-15-12-9-6-3/h40-44,49-51,53,56-59,64H,4-39H2,1-3H3,(H,54,60)(H,55,61)(H,65,66)/t40?,41?,42?,43-,44?,49?,50?,51?,53?/m1/s1. The Balaban J connectivity index is 2.94. The Morgan fingerprint density at radius 2 is 0.913 bits per heavy atom. The van der Waals surface area contributed by atoms with Crippen molar-refractivity contribution in [1.29, 1.82) is 0 Å². The van der Waals surface area contributed by atoms with Crippen LogP contribution in [-0.4, -0.2) is 122 Å². The van der Waals surface area contributed by atoms with Crippen LogP contribution in [0.25, 0.3) is 0 Å². The Kier molecular flexibility index (Phi) is 38.8. The largest absolute Gasteiger partial charge is 0.480 e. The van der Waals surface area contributed by atoms with Crippen LogP contribution < -0.4 is 10.6 Å². The van der Waals surface area contributed by atoms with Crippen LogP contribution in [0.5, 0.6) is 0 Å². The molecule has 0 aliphatic carbocycles. The third kappa shape index (κ3) is 32.7. The van der Waals surface area contributed by atoms with Crippen LogP contribution in [-0.2, 0) is 38.2 Å². The molecule has 0 bridgehead atoms. The zero-order chi connectivity index (χ0) is 51.1. The lowest BCUT2D eigenvalue weighted by Crippen LogP contribution is -2.66. The van der Waals surface area contributed by atoms with Gasteiger partial charge in [0.2, 0.25) is 18.1 Å². The second kappa shape index (κ2) is 41.7. The quantitative estimate of drug-likeness (QED) is 0.0211. The van der Waals surface area contributed by atoms with Gasteiger partial charge < -0.3 is 55.5 Å². The highest BCUT2D eigenvalue weighted by atomic mass is 16.7. The maximum absolute atomic E-state index is 13.4. The molecule has 1 rings (SSSR count). The first-order valence-electron chi connectivity index (χ1n) is 27.4. The van der Waals surface area contributed by atoms with E-state index in [4.69, 9.17) is 14.2 Å². The van der Waals surface area contributed by atoms with Crippen molar-refractivity contribution in [2.75, 3.05) is 6.61 Å². The van der Waals surface area contributed by atoms with Gasteiger partial charge >= 0.3 is 17.9 Å². The summed E-state index contributed by atoms with van der Waals surface area (Å²) in [4.78, 5) is 64.9. The average molecular weight is 987 g/mol. The molecule has 0 spiro atoms. The number of ether oxygens (including phenoxy) is 3. The van der Waals surface area contributed by atoms with Crippen molar-refractivity contribution in [1.82, 2.24) is 10.6 Å². The summed E-state index contributed by atoms with van der Waals surface area (Å²) in [6, 6.07) is -3.05. The number of aliphatic carboxylic acids is 1. The van der Waals surface area contributed by atoms with E-state index in [0.29, 0.717) is 32.1 Å². The van der Waals surface area contributed by atoms with Crippen LogP contribution >= 0.6 is 0 Å². The molecule has 69 heavy (non-hydrogen) atoms. The van der Waals surface area contributed by atoms with Crippen molar-refractivity contribution in [3.05, 3.63) is 0 Å². The minimum absolute atomic E-state index is 0.308. The molecule has 0 aromatic heterocycles. The number of rotatable bonds is 45. The lowest BCUT2D eigenvalue weighted by atomic mass is 9.96. The highest BCUT2D eigenvalue weighted by molar-refractivity contribution is 5.84. The normalized spacial score (nSPS) is 19.9. The first-order valence-corrected chi connectivity index (χ1v) is 27.4. The van der Waals surface area contributed by atoms with Crippen molar-refractivity contribution in [3.8, 4) is 0 Å². The van der Waals surface area contributed by atoms with E-state index in [0.717, 1.165) is 77.0 Å². The van der Waals surface area contributed by atoms with Crippen molar-refractivity contribution >= 4 is 29.7 Å².